The zero-order valence-corrected chi connectivity index (χ0v) is 11.6. The number of amides is 1. The third kappa shape index (κ3) is 2.79. The van der Waals surface area contributed by atoms with Crippen LogP contribution in [-0.2, 0) is 4.79 Å². The largest absolute Gasteiger partial charge is 0.481 e. The number of aromatic nitrogens is 2. The zero-order chi connectivity index (χ0) is 14.6. The van der Waals surface area contributed by atoms with Gasteiger partial charge < -0.3 is 10.0 Å². The van der Waals surface area contributed by atoms with Crippen molar-refractivity contribution >= 4 is 11.9 Å². The van der Waals surface area contributed by atoms with E-state index in [-0.39, 0.29) is 12.5 Å². The lowest BCUT2D eigenvalue weighted by Crippen LogP contribution is -2.49. The number of rotatable bonds is 4. The number of piperidine rings is 1. The van der Waals surface area contributed by atoms with Crippen LogP contribution in [0.25, 0.3) is 0 Å². The molecule has 1 aliphatic heterocycles. The average Bonchev–Trinajstić information content (AvgIpc) is 2.48. The van der Waals surface area contributed by atoms with Gasteiger partial charge in [-0.15, -0.1) is 0 Å². The van der Waals surface area contributed by atoms with Gasteiger partial charge in [0.15, 0.2) is 0 Å². The molecular weight excluding hydrogens is 258 g/mol. The first-order valence-electron chi connectivity index (χ1n) is 6.87. The second-order valence-electron chi connectivity index (χ2n) is 5.29. The maximum absolute atomic E-state index is 12.4. The number of hydrogen-bond donors (Lipinski definition) is 1. The van der Waals surface area contributed by atoms with Crippen molar-refractivity contribution in [1.29, 1.82) is 0 Å². The summed E-state index contributed by atoms with van der Waals surface area (Å²) < 4.78 is 0. The van der Waals surface area contributed by atoms with E-state index >= 15 is 0 Å². The van der Waals surface area contributed by atoms with Crippen molar-refractivity contribution in [3.05, 3.63) is 24.3 Å². The van der Waals surface area contributed by atoms with Crippen LogP contribution in [0.5, 0.6) is 0 Å². The lowest BCUT2D eigenvalue weighted by molar-refractivity contribution is -0.152. The lowest BCUT2D eigenvalue weighted by Gasteiger charge is -2.39. The smallest absolute Gasteiger partial charge is 0.311 e. The van der Waals surface area contributed by atoms with Crippen molar-refractivity contribution in [2.24, 2.45) is 5.41 Å². The van der Waals surface area contributed by atoms with Crippen LogP contribution >= 0.6 is 0 Å². The van der Waals surface area contributed by atoms with Crippen molar-refractivity contribution in [3.63, 3.8) is 0 Å². The first-order chi connectivity index (χ1) is 9.59. The molecule has 6 heteroatoms. The standard InChI is InChI=1S/C14H19N3O3/c1-2-4-14(13(19)20)5-3-6-17(9-14)12(18)11-7-15-10-16-8-11/h7-8,10H,2-6,9H2,1H3,(H,19,20). The molecule has 1 unspecified atom stereocenters. The van der Waals surface area contributed by atoms with Gasteiger partial charge >= 0.3 is 5.97 Å². The number of carbonyl (C=O) groups excluding carboxylic acids is 1. The molecule has 1 amide bonds. The fourth-order valence-corrected chi connectivity index (χ4v) is 2.86. The van der Waals surface area contributed by atoms with Crippen LogP contribution in [0.15, 0.2) is 18.7 Å². The van der Waals surface area contributed by atoms with Crippen molar-refractivity contribution in [1.82, 2.24) is 14.9 Å². The highest BCUT2D eigenvalue weighted by atomic mass is 16.4. The Labute approximate surface area is 117 Å². The fraction of sp³-hybridized carbons (Fsp3) is 0.571. The van der Waals surface area contributed by atoms with E-state index < -0.39 is 11.4 Å². The molecule has 6 nitrogen and oxygen atoms in total. The number of hydrogen-bond acceptors (Lipinski definition) is 4. The average molecular weight is 277 g/mol. The highest BCUT2D eigenvalue weighted by Crippen LogP contribution is 2.35. The third-order valence-corrected chi connectivity index (χ3v) is 3.85. The molecule has 1 aliphatic rings. The van der Waals surface area contributed by atoms with Gasteiger partial charge in [-0.1, -0.05) is 13.3 Å². The summed E-state index contributed by atoms with van der Waals surface area (Å²) in [6.07, 6.45) is 7.03. The van der Waals surface area contributed by atoms with Crippen molar-refractivity contribution < 1.29 is 14.7 Å². The minimum absolute atomic E-state index is 0.188. The number of carboxylic acid groups (broad SMARTS) is 1. The number of aliphatic carboxylic acids is 1. The van der Waals surface area contributed by atoms with Gasteiger partial charge in [0.2, 0.25) is 0 Å². The SMILES string of the molecule is CCCC1(C(=O)O)CCCN(C(=O)c2cncnc2)C1. The molecule has 108 valence electrons. The van der Waals surface area contributed by atoms with E-state index in [1.165, 1.54) is 18.7 Å². The van der Waals surface area contributed by atoms with Crippen molar-refractivity contribution in [2.75, 3.05) is 13.1 Å². The number of likely N-dealkylation sites (tertiary alicyclic amines) is 1. The van der Waals surface area contributed by atoms with Crippen LogP contribution in [0.2, 0.25) is 0 Å². The minimum Gasteiger partial charge on any atom is -0.481 e. The highest BCUT2D eigenvalue weighted by molar-refractivity contribution is 5.94. The third-order valence-electron chi connectivity index (χ3n) is 3.85. The molecule has 1 saturated heterocycles. The normalized spacial score (nSPS) is 22.6. The predicted molar refractivity (Wildman–Crippen MR) is 72.1 cm³/mol. The molecule has 0 radical (unpaired) electrons. The van der Waals surface area contributed by atoms with E-state index in [1.807, 2.05) is 6.92 Å². The summed E-state index contributed by atoms with van der Waals surface area (Å²) in [6.45, 7) is 2.83. The lowest BCUT2D eigenvalue weighted by atomic mass is 9.76. The van der Waals surface area contributed by atoms with E-state index in [9.17, 15) is 14.7 Å². The Morgan fingerprint density at radius 1 is 1.40 bits per heavy atom. The molecule has 20 heavy (non-hydrogen) atoms. The molecule has 1 atom stereocenters. The summed E-state index contributed by atoms with van der Waals surface area (Å²) in [5.74, 6) is -0.992. The van der Waals surface area contributed by atoms with Gasteiger partial charge in [0.25, 0.3) is 5.91 Å². The summed E-state index contributed by atoms with van der Waals surface area (Å²) in [4.78, 5) is 33.3. The summed E-state index contributed by atoms with van der Waals surface area (Å²) in [7, 11) is 0. The number of nitrogens with zero attached hydrogens (tertiary/aromatic N) is 3. The van der Waals surface area contributed by atoms with Crippen LogP contribution in [0.1, 0.15) is 43.0 Å². The molecule has 1 aromatic rings. The Morgan fingerprint density at radius 3 is 2.70 bits per heavy atom. The quantitative estimate of drug-likeness (QED) is 0.903. The van der Waals surface area contributed by atoms with Crippen molar-refractivity contribution in [3.8, 4) is 0 Å². The van der Waals surface area contributed by atoms with Gasteiger partial charge in [0.1, 0.15) is 6.33 Å². The van der Waals surface area contributed by atoms with Gasteiger partial charge in [-0.2, -0.15) is 0 Å². The highest BCUT2D eigenvalue weighted by Gasteiger charge is 2.42. The monoisotopic (exact) mass is 277 g/mol. The number of carbonyl (C=O) groups is 2. The maximum Gasteiger partial charge on any atom is 0.311 e. The molecular formula is C14H19N3O3. The molecule has 2 heterocycles. The summed E-state index contributed by atoms with van der Waals surface area (Å²) in [5.41, 5.74) is -0.400. The Kier molecular flexibility index (Phi) is 4.32. The topological polar surface area (TPSA) is 83.4 Å². The Morgan fingerprint density at radius 2 is 2.10 bits per heavy atom. The molecule has 1 fully saturated rings. The molecule has 1 N–H and O–H groups in total. The second-order valence-corrected chi connectivity index (χ2v) is 5.29. The van der Waals surface area contributed by atoms with E-state index in [0.717, 1.165) is 6.42 Å². The summed E-state index contributed by atoms with van der Waals surface area (Å²) >= 11 is 0. The van der Waals surface area contributed by atoms with E-state index in [1.54, 1.807) is 4.90 Å². The minimum atomic E-state index is -0.807. The van der Waals surface area contributed by atoms with Gasteiger partial charge in [-0.25, -0.2) is 9.97 Å². The fourth-order valence-electron chi connectivity index (χ4n) is 2.86. The van der Waals surface area contributed by atoms with Gasteiger partial charge in [-0.3, -0.25) is 9.59 Å². The van der Waals surface area contributed by atoms with Crippen LogP contribution in [0, 0.1) is 5.41 Å². The maximum atomic E-state index is 12.4. The van der Waals surface area contributed by atoms with E-state index in [4.69, 9.17) is 0 Å². The van der Waals surface area contributed by atoms with Crippen LogP contribution < -0.4 is 0 Å². The van der Waals surface area contributed by atoms with Crippen LogP contribution in [0.3, 0.4) is 0 Å². The van der Waals surface area contributed by atoms with Gasteiger partial charge in [-0.05, 0) is 19.3 Å². The molecule has 0 spiro atoms. The summed E-state index contributed by atoms with van der Waals surface area (Å²) in [6, 6.07) is 0. The molecule has 2 rings (SSSR count). The predicted octanol–water partition coefficient (Wildman–Crippen LogP) is 1.58. The van der Waals surface area contributed by atoms with Crippen molar-refractivity contribution in [2.45, 2.75) is 32.6 Å². The van der Waals surface area contributed by atoms with Gasteiger partial charge in [0, 0.05) is 25.5 Å². The summed E-state index contributed by atoms with van der Waals surface area (Å²) in [5, 5.41) is 9.53. The zero-order valence-electron chi connectivity index (χ0n) is 11.6. The van der Waals surface area contributed by atoms with Gasteiger partial charge in [0.05, 0.1) is 11.0 Å². The molecule has 0 bridgehead atoms. The first kappa shape index (κ1) is 14.4. The van der Waals surface area contributed by atoms with Crippen LogP contribution in [-0.4, -0.2) is 44.9 Å². The molecule has 0 saturated carbocycles. The van der Waals surface area contributed by atoms with Crippen LogP contribution in [0.4, 0.5) is 0 Å². The van der Waals surface area contributed by atoms with E-state index in [2.05, 4.69) is 9.97 Å². The molecule has 0 aliphatic carbocycles. The van der Waals surface area contributed by atoms with E-state index in [0.29, 0.717) is 31.4 Å². The Balaban J connectivity index is 2.18. The first-order valence-corrected chi connectivity index (χ1v) is 6.87. The second kappa shape index (κ2) is 5.98. The Hall–Kier alpha value is -1.98. The molecule has 1 aromatic heterocycles. The number of carboxylic acids is 1. The Bertz CT molecular complexity index is 488. The molecule has 0 aromatic carbocycles.